The van der Waals surface area contributed by atoms with Crippen LogP contribution in [0.25, 0.3) is 0 Å². The Labute approximate surface area is 134 Å². The fourth-order valence-electron chi connectivity index (χ4n) is 2.32. The molecule has 0 aliphatic heterocycles. The third-order valence-electron chi connectivity index (χ3n) is 3.49. The molecule has 1 unspecified atom stereocenters. The third kappa shape index (κ3) is 3.02. The van der Waals surface area contributed by atoms with Crippen molar-refractivity contribution in [3.8, 4) is 5.75 Å². The minimum atomic E-state index is -0.210. The second-order valence-corrected chi connectivity index (χ2v) is 6.05. The largest absolute Gasteiger partial charge is 0.496 e. The van der Waals surface area contributed by atoms with Gasteiger partial charge >= 0.3 is 0 Å². The molecule has 0 saturated heterocycles. The van der Waals surface area contributed by atoms with Gasteiger partial charge in [0.25, 0.3) is 0 Å². The number of ether oxygens (including phenoxy) is 1. The van der Waals surface area contributed by atoms with Crippen molar-refractivity contribution >= 4 is 27.5 Å². The number of hydrogen-bond donors (Lipinski definition) is 0. The van der Waals surface area contributed by atoms with Gasteiger partial charge in [-0.05, 0) is 42.2 Å². The van der Waals surface area contributed by atoms with E-state index in [9.17, 15) is 0 Å². The molecule has 0 N–H and O–H groups in total. The van der Waals surface area contributed by atoms with E-state index in [0.717, 1.165) is 33.3 Å². The molecule has 1 nitrogen and oxygen atoms in total. The predicted octanol–water partition coefficient (Wildman–Crippen LogP) is 5.66. The van der Waals surface area contributed by atoms with Crippen LogP contribution in [-0.2, 0) is 6.42 Å². The second-order valence-electron chi connectivity index (χ2n) is 4.76. The third-order valence-corrected chi connectivity index (χ3v) is 4.82. The Morgan fingerprint density at radius 1 is 1.20 bits per heavy atom. The van der Waals surface area contributed by atoms with Crippen molar-refractivity contribution in [2.75, 3.05) is 7.11 Å². The van der Waals surface area contributed by atoms with Crippen molar-refractivity contribution in [3.63, 3.8) is 0 Å². The number of benzene rings is 2. The van der Waals surface area contributed by atoms with Crippen LogP contribution in [0.3, 0.4) is 0 Å². The van der Waals surface area contributed by atoms with Gasteiger partial charge in [0.15, 0.2) is 0 Å². The van der Waals surface area contributed by atoms with E-state index in [1.807, 2.05) is 25.1 Å². The Morgan fingerprint density at radius 2 is 1.90 bits per heavy atom. The van der Waals surface area contributed by atoms with E-state index < -0.39 is 0 Å². The zero-order valence-electron chi connectivity index (χ0n) is 11.9. The van der Waals surface area contributed by atoms with Crippen LogP contribution in [0.2, 0.25) is 0 Å². The summed E-state index contributed by atoms with van der Waals surface area (Å²) in [6.45, 7) is 4.18. The Kier molecular flexibility index (Phi) is 5.11. The SMILES string of the molecule is CCc1ccccc1C(Cl)c1cc(Br)c(C)cc1OC. The summed E-state index contributed by atoms with van der Waals surface area (Å²) in [4.78, 5) is 0. The van der Waals surface area contributed by atoms with Crippen molar-refractivity contribution in [3.05, 3.63) is 63.1 Å². The molecule has 0 heterocycles. The number of hydrogen-bond acceptors (Lipinski definition) is 1. The lowest BCUT2D eigenvalue weighted by Crippen LogP contribution is -2.01. The van der Waals surface area contributed by atoms with Gasteiger partial charge in [0.05, 0.1) is 12.5 Å². The molecule has 0 aliphatic carbocycles. The lowest BCUT2D eigenvalue weighted by atomic mass is 9.96. The quantitative estimate of drug-likeness (QED) is 0.645. The van der Waals surface area contributed by atoms with E-state index in [4.69, 9.17) is 16.3 Å². The molecule has 2 rings (SSSR count). The molecule has 106 valence electrons. The zero-order chi connectivity index (χ0) is 14.7. The maximum atomic E-state index is 6.72. The molecule has 1 atom stereocenters. The van der Waals surface area contributed by atoms with Crippen molar-refractivity contribution in [2.24, 2.45) is 0 Å². The Balaban J connectivity index is 2.52. The van der Waals surface area contributed by atoms with Crippen LogP contribution in [0.1, 0.15) is 34.6 Å². The van der Waals surface area contributed by atoms with Gasteiger partial charge in [-0.15, -0.1) is 11.6 Å². The van der Waals surface area contributed by atoms with E-state index in [1.165, 1.54) is 5.56 Å². The lowest BCUT2D eigenvalue weighted by Gasteiger charge is -2.18. The smallest absolute Gasteiger partial charge is 0.124 e. The predicted molar refractivity (Wildman–Crippen MR) is 88.9 cm³/mol. The van der Waals surface area contributed by atoms with Crippen LogP contribution in [0.5, 0.6) is 5.75 Å². The first-order valence-corrected chi connectivity index (χ1v) is 7.87. The first-order valence-electron chi connectivity index (χ1n) is 6.64. The van der Waals surface area contributed by atoms with Gasteiger partial charge in [-0.3, -0.25) is 0 Å². The highest BCUT2D eigenvalue weighted by molar-refractivity contribution is 9.10. The van der Waals surface area contributed by atoms with Crippen LogP contribution in [-0.4, -0.2) is 7.11 Å². The maximum Gasteiger partial charge on any atom is 0.124 e. The van der Waals surface area contributed by atoms with Gasteiger partial charge in [-0.2, -0.15) is 0 Å². The number of aryl methyl sites for hydroxylation is 2. The van der Waals surface area contributed by atoms with Crippen LogP contribution in [0.15, 0.2) is 40.9 Å². The van der Waals surface area contributed by atoms with Crippen molar-refractivity contribution < 1.29 is 4.74 Å². The van der Waals surface area contributed by atoms with Crippen LogP contribution < -0.4 is 4.74 Å². The number of alkyl halides is 1. The van der Waals surface area contributed by atoms with Gasteiger partial charge in [0.1, 0.15) is 5.75 Å². The summed E-state index contributed by atoms with van der Waals surface area (Å²) in [6.07, 6.45) is 0.967. The fraction of sp³-hybridized carbons (Fsp3) is 0.294. The van der Waals surface area contributed by atoms with E-state index >= 15 is 0 Å². The summed E-state index contributed by atoms with van der Waals surface area (Å²) >= 11 is 10.3. The van der Waals surface area contributed by atoms with E-state index in [0.29, 0.717) is 0 Å². The zero-order valence-corrected chi connectivity index (χ0v) is 14.3. The average Bonchev–Trinajstić information content (AvgIpc) is 2.48. The standard InChI is InChI=1S/C17H18BrClO/c1-4-12-7-5-6-8-13(12)17(19)14-10-15(18)11(2)9-16(14)20-3/h5-10,17H,4H2,1-3H3. The molecule has 0 amide bonds. The topological polar surface area (TPSA) is 9.23 Å². The van der Waals surface area contributed by atoms with Crippen molar-refractivity contribution in [2.45, 2.75) is 25.6 Å². The number of rotatable bonds is 4. The Morgan fingerprint density at radius 3 is 2.55 bits per heavy atom. The molecule has 0 aliphatic rings. The molecule has 0 bridgehead atoms. The molecular weight excluding hydrogens is 336 g/mol. The molecule has 3 heteroatoms. The summed E-state index contributed by atoms with van der Waals surface area (Å²) in [5, 5.41) is -0.210. The average molecular weight is 354 g/mol. The molecular formula is C17H18BrClO. The normalized spacial score (nSPS) is 12.2. The van der Waals surface area contributed by atoms with Crippen molar-refractivity contribution in [1.29, 1.82) is 0 Å². The molecule has 0 fully saturated rings. The van der Waals surface area contributed by atoms with Gasteiger partial charge in [0, 0.05) is 10.0 Å². The van der Waals surface area contributed by atoms with E-state index in [1.54, 1.807) is 7.11 Å². The van der Waals surface area contributed by atoms with Crippen LogP contribution >= 0.6 is 27.5 Å². The summed E-state index contributed by atoms with van der Waals surface area (Å²) in [5.41, 5.74) is 4.54. The second kappa shape index (κ2) is 6.64. The highest BCUT2D eigenvalue weighted by Crippen LogP contribution is 2.39. The minimum Gasteiger partial charge on any atom is -0.496 e. The highest BCUT2D eigenvalue weighted by Gasteiger charge is 2.19. The van der Waals surface area contributed by atoms with Crippen LogP contribution in [0, 0.1) is 6.92 Å². The summed E-state index contributed by atoms with van der Waals surface area (Å²) < 4.78 is 6.54. The molecule has 20 heavy (non-hydrogen) atoms. The molecule has 0 saturated carbocycles. The molecule has 2 aromatic rings. The van der Waals surface area contributed by atoms with Gasteiger partial charge in [0.2, 0.25) is 0 Å². The van der Waals surface area contributed by atoms with Gasteiger partial charge in [-0.1, -0.05) is 47.1 Å². The maximum absolute atomic E-state index is 6.72. The highest BCUT2D eigenvalue weighted by atomic mass is 79.9. The first kappa shape index (κ1) is 15.4. The van der Waals surface area contributed by atoms with E-state index in [2.05, 4.69) is 41.1 Å². The first-order chi connectivity index (χ1) is 9.58. The molecule has 0 radical (unpaired) electrons. The number of halogens is 2. The molecule has 0 aromatic heterocycles. The minimum absolute atomic E-state index is 0.210. The monoisotopic (exact) mass is 352 g/mol. The fourth-order valence-corrected chi connectivity index (χ4v) is 3.06. The Hall–Kier alpha value is -0.990. The van der Waals surface area contributed by atoms with Gasteiger partial charge < -0.3 is 4.74 Å². The summed E-state index contributed by atoms with van der Waals surface area (Å²) in [7, 11) is 1.68. The van der Waals surface area contributed by atoms with E-state index in [-0.39, 0.29) is 5.38 Å². The number of methoxy groups -OCH3 is 1. The lowest BCUT2D eigenvalue weighted by molar-refractivity contribution is 0.409. The van der Waals surface area contributed by atoms with Crippen molar-refractivity contribution in [1.82, 2.24) is 0 Å². The molecule has 0 spiro atoms. The molecule has 2 aromatic carbocycles. The van der Waals surface area contributed by atoms with Gasteiger partial charge in [-0.25, -0.2) is 0 Å². The summed E-state index contributed by atoms with van der Waals surface area (Å²) in [6, 6.07) is 12.4. The Bertz CT molecular complexity index is 610. The van der Waals surface area contributed by atoms with Crippen LogP contribution in [0.4, 0.5) is 0 Å². The summed E-state index contributed by atoms with van der Waals surface area (Å²) in [5.74, 6) is 0.830.